The fourth-order valence-electron chi connectivity index (χ4n) is 5.19. The number of carbonyl (C=O) groups is 1. The van der Waals surface area contributed by atoms with Crippen LogP contribution in [-0.4, -0.2) is 22.3 Å². The minimum absolute atomic E-state index is 0.144. The van der Waals surface area contributed by atoms with E-state index < -0.39 is 4.33 Å². The molecule has 2 saturated heterocycles. The van der Waals surface area contributed by atoms with Gasteiger partial charge in [0.1, 0.15) is 10.1 Å². The molecular weight excluding hydrogens is 235 g/mol. The van der Waals surface area contributed by atoms with Crippen molar-refractivity contribution in [1.29, 1.82) is 0 Å². The van der Waals surface area contributed by atoms with Crippen molar-refractivity contribution >= 4 is 29.0 Å². The van der Waals surface area contributed by atoms with Crippen LogP contribution in [0.15, 0.2) is 0 Å². The number of ketones is 1. The van der Waals surface area contributed by atoms with Gasteiger partial charge in [-0.15, -0.1) is 23.2 Å². The van der Waals surface area contributed by atoms with Gasteiger partial charge in [-0.1, -0.05) is 0 Å². The van der Waals surface area contributed by atoms with Gasteiger partial charge in [0.05, 0.1) is 12.2 Å². The summed E-state index contributed by atoms with van der Waals surface area (Å²) >= 11 is 12.6. The van der Waals surface area contributed by atoms with E-state index >= 15 is 0 Å². The van der Waals surface area contributed by atoms with Gasteiger partial charge >= 0.3 is 0 Å². The van der Waals surface area contributed by atoms with Crippen LogP contribution in [0.2, 0.25) is 0 Å². The largest absolute Gasteiger partial charge is 0.374 e. The van der Waals surface area contributed by atoms with E-state index in [1.807, 2.05) is 0 Å². The van der Waals surface area contributed by atoms with Crippen molar-refractivity contribution in [2.24, 2.45) is 35.5 Å². The third kappa shape index (κ3) is 0.625. The maximum absolute atomic E-state index is 12.1. The molecule has 0 aromatic rings. The van der Waals surface area contributed by atoms with E-state index in [4.69, 9.17) is 27.9 Å². The van der Waals surface area contributed by atoms with Crippen LogP contribution in [0.5, 0.6) is 0 Å². The van der Waals surface area contributed by atoms with Crippen LogP contribution < -0.4 is 0 Å². The Bertz CT molecular complexity index is 393. The van der Waals surface area contributed by atoms with Gasteiger partial charge in [-0.05, 0) is 6.42 Å². The lowest BCUT2D eigenvalue weighted by Gasteiger charge is -2.35. The van der Waals surface area contributed by atoms with Crippen molar-refractivity contribution in [3.05, 3.63) is 0 Å². The Morgan fingerprint density at radius 2 is 2.00 bits per heavy atom. The number of Topliss-reactive ketones (excluding diaryl/α,β-unsaturated/α-hetero) is 1. The summed E-state index contributed by atoms with van der Waals surface area (Å²) in [4.78, 5) is 12.1. The average molecular weight is 245 g/mol. The summed E-state index contributed by atoms with van der Waals surface area (Å²) in [7, 11) is 0. The molecule has 2 heterocycles. The lowest BCUT2D eigenvalue weighted by Crippen LogP contribution is -2.43. The first-order valence-electron chi connectivity index (χ1n) is 5.69. The molecule has 15 heavy (non-hydrogen) atoms. The second-order valence-corrected chi connectivity index (χ2v) is 7.23. The van der Waals surface area contributed by atoms with E-state index in [1.165, 1.54) is 0 Å². The van der Waals surface area contributed by atoms with Gasteiger partial charge in [0.15, 0.2) is 0 Å². The maximum Gasteiger partial charge on any atom is 0.142 e. The highest BCUT2D eigenvalue weighted by molar-refractivity contribution is 6.51. The van der Waals surface area contributed by atoms with Crippen molar-refractivity contribution in [3.63, 3.8) is 0 Å². The predicted molar refractivity (Wildman–Crippen MR) is 53.7 cm³/mol. The van der Waals surface area contributed by atoms with Crippen LogP contribution in [0.25, 0.3) is 0 Å². The monoisotopic (exact) mass is 244 g/mol. The molecule has 80 valence electrons. The molecule has 8 atom stereocenters. The summed E-state index contributed by atoms with van der Waals surface area (Å²) in [5.41, 5.74) is 0. The first-order chi connectivity index (χ1) is 7.12. The Morgan fingerprint density at radius 1 is 1.27 bits per heavy atom. The molecule has 6 fully saturated rings. The van der Waals surface area contributed by atoms with Crippen molar-refractivity contribution in [2.45, 2.75) is 23.0 Å². The molecule has 0 amide bonds. The van der Waals surface area contributed by atoms with Gasteiger partial charge < -0.3 is 4.74 Å². The Morgan fingerprint density at radius 3 is 2.80 bits per heavy atom. The Balaban J connectivity index is 1.73. The maximum atomic E-state index is 12.1. The Labute approximate surface area is 97.2 Å². The van der Waals surface area contributed by atoms with E-state index in [2.05, 4.69) is 0 Å². The number of hydrogen-bond acceptors (Lipinski definition) is 2. The molecule has 2 aliphatic heterocycles. The predicted octanol–water partition coefficient (Wildman–Crippen LogP) is 1.64. The second kappa shape index (κ2) is 2.00. The molecule has 8 unspecified atom stereocenters. The molecule has 0 spiro atoms. The Kier molecular flexibility index (Phi) is 1.11. The number of hydrogen-bond donors (Lipinski definition) is 0. The van der Waals surface area contributed by atoms with Crippen molar-refractivity contribution in [3.8, 4) is 0 Å². The lowest BCUT2D eigenvalue weighted by atomic mass is 9.73. The molecule has 0 N–H and O–H groups in total. The number of halogens is 2. The Hall–Kier alpha value is 0.210. The fraction of sp³-hybridized carbons (Fsp3) is 0.909. The first-order valence-corrected chi connectivity index (χ1v) is 6.45. The lowest BCUT2D eigenvalue weighted by molar-refractivity contribution is -0.131. The highest BCUT2D eigenvalue weighted by atomic mass is 35.5. The fourth-order valence-corrected chi connectivity index (χ4v) is 6.19. The van der Waals surface area contributed by atoms with Gasteiger partial charge in [0.25, 0.3) is 0 Å². The molecule has 2 nitrogen and oxygen atoms in total. The first kappa shape index (κ1) is 8.32. The van der Waals surface area contributed by atoms with Crippen LogP contribution in [0, 0.1) is 35.5 Å². The van der Waals surface area contributed by atoms with Gasteiger partial charge in [0.2, 0.25) is 0 Å². The summed E-state index contributed by atoms with van der Waals surface area (Å²) in [5, 5.41) is 0. The zero-order valence-electron chi connectivity index (χ0n) is 7.90. The molecule has 4 heteroatoms. The number of alkyl halides is 2. The average Bonchev–Trinajstić information content (AvgIpc) is 2.44. The standard InChI is InChI=1S/C11H10Cl2O2/c12-11(13)7-4-2-1-3-5(9(2)14)6(8(7)11)10(4)15-3/h2-8,10H,1H2. The zero-order chi connectivity index (χ0) is 10.1. The van der Waals surface area contributed by atoms with E-state index in [-0.39, 0.29) is 17.9 Å². The van der Waals surface area contributed by atoms with E-state index in [0.29, 0.717) is 35.6 Å². The minimum atomic E-state index is -0.536. The number of fused-ring (bicyclic) bond motifs is 1. The van der Waals surface area contributed by atoms with Gasteiger partial charge in [-0.25, -0.2) is 0 Å². The molecule has 0 radical (unpaired) electrons. The van der Waals surface area contributed by atoms with Crippen LogP contribution in [0.3, 0.4) is 0 Å². The normalized spacial score (nSPS) is 70.1. The number of rotatable bonds is 0. The van der Waals surface area contributed by atoms with Crippen molar-refractivity contribution in [2.75, 3.05) is 0 Å². The minimum Gasteiger partial charge on any atom is -0.374 e. The summed E-state index contributed by atoms with van der Waals surface area (Å²) in [6.07, 6.45) is 1.46. The van der Waals surface area contributed by atoms with Crippen molar-refractivity contribution in [1.82, 2.24) is 0 Å². The van der Waals surface area contributed by atoms with Crippen LogP contribution in [0.4, 0.5) is 0 Å². The van der Waals surface area contributed by atoms with E-state index in [9.17, 15) is 4.79 Å². The molecule has 6 rings (SSSR count). The zero-order valence-corrected chi connectivity index (χ0v) is 9.41. The van der Waals surface area contributed by atoms with Gasteiger partial charge in [-0.2, -0.15) is 0 Å². The van der Waals surface area contributed by atoms with Crippen molar-refractivity contribution < 1.29 is 9.53 Å². The van der Waals surface area contributed by atoms with Gasteiger partial charge in [0, 0.05) is 35.5 Å². The molecule has 4 saturated carbocycles. The highest BCUT2D eigenvalue weighted by Gasteiger charge is 2.85. The molecule has 4 aliphatic carbocycles. The van der Waals surface area contributed by atoms with E-state index in [1.54, 1.807) is 0 Å². The molecule has 0 aromatic heterocycles. The molecular formula is C11H10Cl2O2. The molecule has 6 aliphatic rings. The summed E-state index contributed by atoms with van der Waals surface area (Å²) in [5.74, 6) is 2.22. The quantitative estimate of drug-likeness (QED) is 0.606. The molecule has 0 aromatic carbocycles. The van der Waals surface area contributed by atoms with Crippen LogP contribution in [0.1, 0.15) is 6.42 Å². The second-order valence-electron chi connectivity index (χ2n) is 5.79. The SMILES string of the molecule is O=C1C2CC3OC4C2C2C(C4C13)C2(Cl)Cl. The van der Waals surface area contributed by atoms with Crippen LogP contribution >= 0.6 is 23.2 Å². The third-order valence-corrected chi connectivity index (χ3v) is 6.55. The number of carbonyl (C=O) groups excluding carboxylic acids is 1. The summed E-state index contributed by atoms with van der Waals surface area (Å²) in [6, 6.07) is 0. The molecule has 6 bridgehead atoms. The van der Waals surface area contributed by atoms with E-state index in [0.717, 1.165) is 6.42 Å². The van der Waals surface area contributed by atoms with Crippen LogP contribution in [-0.2, 0) is 9.53 Å². The van der Waals surface area contributed by atoms with Gasteiger partial charge in [-0.3, -0.25) is 4.79 Å². The summed E-state index contributed by atoms with van der Waals surface area (Å²) in [6.45, 7) is 0. The smallest absolute Gasteiger partial charge is 0.142 e. The third-order valence-electron chi connectivity index (χ3n) is 5.55. The topological polar surface area (TPSA) is 26.3 Å². The number of ether oxygens (including phenoxy) is 1. The summed E-state index contributed by atoms with van der Waals surface area (Å²) < 4.78 is 5.43. The highest BCUT2D eigenvalue weighted by Crippen LogP contribution is 2.80.